The highest BCUT2D eigenvalue weighted by molar-refractivity contribution is 7.15. The van der Waals surface area contributed by atoms with Gasteiger partial charge in [-0.05, 0) is 26.2 Å². The Bertz CT molecular complexity index is 350. The van der Waals surface area contributed by atoms with Crippen LogP contribution in [0.15, 0.2) is 6.20 Å². The molecule has 0 aromatic carbocycles. The number of hydrogen-bond donors (Lipinski definition) is 2. The van der Waals surface area contributed by atoms with Crippen molar-refractivity contribution < 1.29 is 5.11 Å². The molecule has 2 N–H and O–H groups in total. The number of thiazole rings is 1. The molecule has 110 valence electrons. The summed E-state index contributed by atoms with van der Waals surface area (Å²) in [5.74, 6) is 0.595. The van der Waals surface area contributed by atoms with Gasteiger partial charge in [-0.3, -0.25) is 0 Å². The molecule has 0 saturated carbocycles. The summed E-state index contributed by atoms with van der Waals surface area (Å²) < 4.78 is 0. The predicted molar refractivity (Wildman–Crippen MR) is 82.8 cm³/mol. The Morgan fingerprint density at radius 2 is 2.05 bits per heavy atom. The van der Waals surface area contributed by atoms with E-state index in [1.165, 1.54) is 4.88 Å². The van der Waals surface area contributed by atoms with Crippen LogP contribution in [0.1, 0.15) is 39.0 Å². The van der Waals surface area contributed by atoms with Crippen molar-refractivity contribution in [1.82, 2.24) is 10.3 Å². The Kier molecular flexibility index (Phi) is 7.34. The first kappa shape index (κ1) is 16.4. The van der Waals surface area contributed by atoms with Gasteiger partial charge in [0, 0.05) is 36.8 Å². The number of rotatable bonds is 9. The third kappa shape index (κ3) is 5.47. The van der Waals surface area contributed by atoms with Gasteiger partial charge < -0.3 is 15.3 Å². The molecule has 0 saturated heterocycles. The average molecular weight is 285 g/mol. The first-order valence-corrected chi connectivity index (χ1v) is 7.96. The molecule has 0 bridgehead atoms. The fourth-order valence-electron chi connectivity index (χ4n) is 2.06. The number of nitrogens with zero attached hydrogens (tertiary/aromatic N) is 2. The zero-order chi connectivity index (χ0) is 14.3. The van der Waals surface area contributed by atoms with Crippen molar-refractivity contribution in [3.05, 3.63) is 11.1 Å². The molecule has 5 heteroatoms. The van der Waals surface area contributed by atoms with Crippen LogP contribution >= 0.6 is 11.3 Å². The zero-order valence-electron chi connectivity index (χ0n) is 12.5. The number of aliphatic hydroxyl groups is 1. The molecule has 1 aromatic heterocycles. The lowest BCUT2D eigenvalue weighted by Crippen LogP contribution is -2.33. The standard InChI is InChI=1S/C14H27N3OS/c1-5-17(6-2)14-16-9-13(19-14)8-15-12(10-18)7-11(3)4/h9,11-12,15,18H,5-8,10H2,1-4H3. The second-order valence-corrected chi connectivity index (χ2v) is 6.27. The lowest BCUT2D eigenvalue weighted by atomic mass is 10.0. The Morgan fingerprint density at radius 3 is 2.58 bits per heavy atom. The van der Waals surface area contributed by atoms with E-state index >= 15 is 0 Å². The van der Waals surface area contributed by atoms with Crippen molar-refractivity contribution in [2.45, 2.75) is 46.7 Å². The van der Waals surface area contributed by atoms with E-state index in [-0.39, 0.29) is 12.6 Å². The van der Waals surface area contributed by atoms with Crippen LogP contribution < -0.4 is 10.2 Å². The smallest absolute Gasteiger partial charge is 0.185 e. The molecule has 1 unspecified atom stereocenters. The van der Waals surface area contributed by atoms with Gasteiger partial charge >= 0.3 is 0 Å². The molecule has 0 spiro atoms. The number of anilines is 1. The number of aromatic nitrogens is 1. The summed E-state index contributed by atoms with van der Waals surface area (Å²) in [5.41, 5.74) is 0. The molecular formula is C14H27N3OS. The highest BCUT2D eigenvalue weighted by Gasteiger charge is 2.11. The largest absolute Gasteiger partial charge is 0.395 e. The Labute approximate surface area is 120 Å². The van der Waals surface area contributed by atoms with Crippen LogP contribution in [0.3, 0.4) is 0 Å². The monoisotopic (exact) mass is 285 g/mol. The summed E-state index contributed by atoms with van der Waals surface area (Å²) >= 11 is 1.73. The number of aliphatic hydroxyl groups excluding tert-OH is 1. The molecule has 0 radical (unpaired) electrons. The fraction of sp³-hybridized carbons (Fsp3) is 0.786. The molecule has 0 fully saturated rings. The summed E-state index contributed by atoms with van der Waals surface area (Å²) in [6.45, 7) is 11.6. The Balaban J connectivity index is 2.49. The van der Waals surface area contributed by atoms with Crippen molar-refractivity contribution >= 4 is 16.5 Å². The summed E-state index contributed by atoms with van der Waals surface area (Å²) in [6.07, 6.45) is 2.94. The normalized spacial score (nSPS) is 12.9. The van der Waals surface area contributed by atoms with E-state index in [1.54, 1.807) is 11.3 Å². The van der Waals surface area contributed by atoms with E-state index < -0.39 is 0 Å². The summed E-state index contributed by atoms with van der Waals surface area (Å²) in [4.78, 5) is 7.95. The maximum atomic E-state index is 9.34. The van der Waals surface area contributed by atoms with Gasteiger partial charge in [-0.25, -0.2) is 4.98 Å². The van der Waals surface area contributed by atoms with Crippen LogP contribution in [0.2, 0.25) is 0 Å². The van der Waals surface area contributed by atoms with E-state index in [0.717, 1.165) is 31.2 Å². The highest BCUT2D eigenvalue weighted by Crippen LogP contribution is 2.22. The maximum Gasteiger partial charge on any atom is 0.185 e. The molecule has 0 aliphatic heterocycles. The molecule has 0 aliphatic rings. The topological polar surface area (TPSA) is 48.4 Å². The zero-order valence-corrected chi connectivity index (χ0v) is 13.3. The summed E-state index contributed by atoms with van der Waals surface area (Å²) in [6, 6.07) is 0.180. The first-order valence-electron chi connectivity index (χ1n) is 7.14. The third-order valence-corrected chi connectivity index (χ3v) is 4.17. The van der Waals surface area contributed by atoms with Crippen LogP contribution in [0.5, 0.6) is 0 Å². The first-order chi connectivity index (χ1) is 9.10. The Hall–Kier alpha value is -0.650. The third-order valence-electron chi connectivity index (χ3n) is 3.12. The molecule has 1 heterocycles. The Morgan fingerprint density at radius 1 is 1.37 bits per heavy atom. The molecule has 19 heavy (non-hydrogen) atoms. The van der Waals surface area contributed by atoms with Crippen LogP contribution in [-0.4, -0.2) is 35.8 Å². The van der Waals surface area contributed by atoms with Crippen LogP contribution in [0, 0.1) is 5.92 Å². The average Bonchev–Trinajstić information content (AvgIpc) is 2.84. The maximum absolute atomic E-state index is 9.34. The van der Waals surface area contributed by atoms with Gasteiger partial charge in [0.15, 0.2) is 5.13 Å². The molecule has 0 aliphatic carbocycles. The van der Waals surface area contributed by atoms with Gasteiger partial charge in [0.2, 0.25) is 0 Å². The van der Waals surface area contributed by atoms with E-state index in [4.69, 9.17) is 0 Å². The molecule has 4 nitrogen and oxygen atoms in total. The van der Waals surface area contributed by atoms with E-state index in [1.807, 2.05) is 6.20 Å². The van der Waals surface area contributed by atoms with Crippen LogP contribution in [0.4, 0.5) is 5.13 Å². The SMILES string of the molecule is CCN(CC)c1ncc(CNC(CO)CC(C)C)s1. The van der Waals surface area contributed by atoms with Gasteiger partial charge in [0.05, 0.1) is 6.61 Å². The quantitative estimate of drug-likeness (QED) is 0.732. The van der Waals surface area contributed by atoms with Crippen molar-refractivity contribution in [1.29, 1.82) is 0 Å². The van der Waals surface area contributed by atoms with Crippen molar-refractivity contribution in [3.8, 4) is 0 Å². The molecule has 0 amide bonds. The molecule has 1 rings (SSSR count). The van der Waals surface area contributed by atoms with Gasteiger partial charge in [0.25, 0.3) is 0 Å². The minimum Gasteiger partial charge on any atom is -0.395 e. The second kappa shape index (κ2) is 8.51. The van der Waals surface area contributed by atoms with E-state index in [0.29, 0.717) is 5.92 Å². The number of nitrogens with one attached hydrogen (secondary N) is 1. The summed E-state index contributed by atoms with van der Waals surface area (Å²) in [5, 5.41) is 13.8. The molecular weight excluding hydrogens is 258 g/mol. The van der Waals surface area contributed by atoms with Gasteiger partial charge in [0.1, 0.15) is 0 Å². The van der Waals surface area contributed by atoms with E-state index in [9.17, 15) is 5.11 Å². The minimum atomic E-state index is 0.180. The predicted octanol–water partition coefficient (Wildman–Crippen LogP) is 2.49. The van der Waals surface area contributed by atoms with Crippen LogP contribution in [-0.2, 0) is 6.54 Å². The number of hydrogen-bond acceptors (Lipinski definition) is 5. The van der Waals surface area contributed by atoms with Gasteiger partial charge in [-0.15, -0.1) is 11.3 Å². The van der Waals surface area contributed by atoms with Crippen molar-refractivity contribution in [2.24, 2.45) is 5.92 Å². The van der Waals surface area contributed by atoms with Gasteiger partial charge in [-0.1, -0.05) is 13.8 Å². The van der Waals surface area contributed by atoms with E-state index in [2.05, 4.69) is 42.9 Å². The van der Waals surface area contributed by atoms with Crippen molar-refractivity contribution in [3.63, 3.8) is 0 Å². The molecule has 1 aromatic rings. The van der Waals surface area contributed by atoms with Gasteiger partial charge in [-0.2, -0.15) is 0 Å². The van der Waals surface area contributed by atoms with Crippen LogP contribution in [0.25, 0.3) is 0 Å². The minimum absolute atomic E-state index is 0.180. The lowest BCUT2D eigenvalue weighted by molar-refractivity contribution is 0.224. The highest BCUT2D eigenvalue weighted by atomic mass is 32.1. The van der Waals surface area contributed by atoms with Crippen molar-refractivity contribution in [2.75, 3.05) is 24.6 Å². The fourth-order valence-corrected chi connectivity index (χ4v) is 3.04. The summed E-state index contributed by atoms with van der Waals surface area (Å²) in [7, 11) is 0. The lowest BCUT2D eigenvalue weighted by Gasteiger charge is -2.18. The molecule has 1 atom stereocenters. The second-order valence-electron chi connectivity index (χ2n) is 5.17.